The standard InChI is InChI=1S/C23H27N3O3/c1-4-16(2)21(24-20(27)14-13-17-9-6-5-7-10-17)23-25-22(26-29-23)18-11-8-12-19(15-18)28-3/h5-12,15-16,21H,4,13-14H2,1-3H3,(H,24,27)/t16-,21-/m1/s1. The van der Waals surface area contributed by atoms with Crippen molar-refractivity contribution in [1.82, 2.24) is 15.5 Å². The maximum atomic E-state index is 12.6. The van der Waals surface area contributed by atoms with Gasteiger partial charge in [-0.05, 0) is 30.0 Å². The zero-order chi connectivity index (χ0) is 20.6. The van der Waals surface area contributed by atoms with Gasteiger partial charge in [0, 0.05) is 12.0 Å². The van der Waals surface area contributed by atoms with E-state index in [2.05, 4.69) is 29.3 Å². The summed E-state index contributed by atoms with van der Waals surface area (Å²) in [5.74, 6) is 1.76. The highest BCUT2D eigenvalue weighted by Crippen LogP contribution is 2.27. The van der Waals surface area contributed by atoms with Crippen molar-refractivity contribution in [3.05, 3.63) is 66.1 Å². The van der Waals surface area contributed by atoms with Crippen molar-refractivity contribution in [3.8, 4) is 17.1 Å². The van der Waals surface area contributed by atoms with Crippen LogP contribution in [0.1, 0.15) is 44.2 Å². The Kier molecular flexibility index (Phi) is 7.00. The summed E-state index contributed by atoms with van der Waals surface area (Å²) in [5, 5.41) is 7.19. The van der Waals surface area contributed by atoms with Gasteiger partial charge in [-0.1, -0.05) is 67.9 Å². The Morgan fingerprint density at radius 2 is 1.97 bits per heavy atom. The molecule has 0 spiro atoms. The molecule has 2 atom stereocenters. The highest BCUT2D eigenvalue weighted by molar-refractivity contribution is 5.76. The first-order valence-corrected chi connectivity index (χ1v) is 9.92. The van der Waals surface area contributed by atoms with E-state index in [1.165, 1.54) is 0 Å². The molecule has 6 nitrogen and oxygen atoms in total. The van der Waals surface area contributed by atoms with Gasteiger partial charge in [-0.15, -0.1) is 0 Å². The van der Waals surface area contributed by atoms with E-state index in [0.29, 0.717) is 24.6 Å². The maximum absolute atomic E-state index is 12.6. The SMILES string of the molecule is CC[C@@H](C)[C@@H](NC(=O)CCc1ccccc1)c1nc(-c2cccc(OC)c2)no1. The third kappa shape index (κ3) is 5.44. The lowest BCUT2D eigenvalue weighted by atomic mass is 9.98. The summed E-state index contributed by atoms with van der Waals surface area (Å²) in [6, 6.07) is 17.1. The van der Waals surface area contributed by atoms with E-state index < -0.39 is 0 Å². The lowest BCUT2D eigenvalue weighted by molar-refractivity contribution is -0.122. The molecule has 0 aliphatic carbocycles. The molecule has 6 heteroatoms. The third-order valence-electron chi connectivity index (χ3n) is 5.05. The molecule has 0 saturated carbocycles. The Labute approximate surface area is 171 Å². The minimum Gasteiger partial charge on any atom is -0.497 e. The summed E-state index contributed by atoms with van der Waals surface area (Å²) < 4.78 is 10.8. The van der Waals surface area contributed by atoms with Crippen LogP contribution in [-0.4, -0.2) is 23.2 Å². The van der Waals surface area contributed by atoms with Crippen molar-refractivity contribution < 1.29 is 14.1 Å². The molecule has 3 aromatic rings. The first-order valence-electron chi connectivity index (χ1n) is 9.92. The summed E-state index contributed by atoms with van der Waals surface area (Å²) in [4.78, 5) is 17.1. The smallest absolute Gasteiger partial charge is 0.249 e. The molecule has 1 N–H and O–H groups in total. The molecule has 0 bridgehead atoms. The Morgan fingerprint density at radius 3 is 2.69 bits per heavy atom. The Hall–Kier alpha value is -3.15. The van der Waals surface area contributed by atoms with Crippen LogP contribution in [0.15, 0.2) is 59.1 Å². The van der Waals surface area contributed by atoms with Gasteiger partial charge in [-0.25, -0.2) is 0 Å². The van der Waals surface area contributed by atoms with Gasteiger partial charge in [0.1, 0.15) is 11.8 Å². The summed E-state index contributed by atoms with van der Waals surface area (Å²) >= 11 is 0. The number of amides is 1. The van der Waals surface area contributed by atoms with Crippen molar-refractivity contribution in [2.75, 3.05) is 7.11 Å². The number of ether oxygens (including phenoxy) is 1. The number of aromatic nitrogens is 2. The molecule has 2 aromatic carbocycles. The number of benzene rings is 2. The van der Waals surface area contributed by atoms with E-state index in [0.717, 1.165) is 23.3 Å². The predicted molar refractivity (Wildman–Crippen MR) is 111 cm³/mol. The van der Waals surface area contributed by atoms with Crippen LogP contribution in [0.25, 0.3) is 11.4 Å². The molecule has 152 valence electrons. The van der Waals surface area contributed by atoms with E-state index in [9.17, 15) is 4.79 Å². The maximum Gasteiger partial charge on any atom is 0.249 e. The fourth-order valence-electron chi connectivity index (χ4n) is 3.07. The molecule has 0 fully saturated rings. The lowest BCUT2D eigenvalue weighted by Gasteiger charge is -2.20. The molecule has 0 unspecified atom stereocenters. The Bertz CT molecular complexity index is 924. The van der Waals surface area contributed by atoms with E-state index >= 15 is 0 Å². The lowest BCUT2D eigenvalue weighted by Crippen LogP contribution is -2.32. The number of carbonyl (C=O) groups excluding carboxylic acids is 1. The molecular weight excluding hydrogens is 366 g/mol. The van der Waals surface area contributed by atoms with Gasteiger partial charge in [-0.3, -0.25) is 4.79 Å². The van der Waals surface area contributed by atoms with Crippen LogP contribution in [-0.2, 0) is 11.2 Å². The van der Waals surface area contributed by atoms with Crippen LogP contribution in [0.2, 0.25) is 0 Å². The summed E-state index contributed by atoms with van der Waals surface area (Å²) in [7, 11) is 1.62. The van der Waals surface area contributed by atoms with Gasteiger partial charge in [-0.2, -0.15) is 4.98 Å². The summed E-state index contributed by atoms with van der Waals surface area (Å²) in [5.41, 5.74) is 1.94. The minimum absolute atomic E-state index is 0.0275. The zero-order valence-corrected chi connectivity index (χ0v) is 17.1. The van der Waals surface area contributed by atoms with Crippen molar-refractivity contribution in [2.45, 2.75) is 39.2 Å². The normalized spacial score (nSPS) is 12.9. The zero-order valence-electron chi connectivity index (χ0n) is 17.1. The highest BCUT2D eigenvalue weighted by Gasteiger charge is 2.26. The van der Waals surface area contributed by atoms with Gasteiger partial charge in [0.25, 0.3) is 0 Å². The molecule has 0 aliphatic rings. The van der Waals surface area contributed by atoms with Crippen LogP contribution < -0.4 is 10.1 Å². The van der Waals surface area contributed by atoms with Crippen molar-refractivity contribution in [2.24, 2.45) is 5.92 Å². The average Bonchev–Trinajstić information content (AvgIpc) is 3.26. The number of nitrogens with one attached hydrogen (secondary N) is 1. The minimum atomic E-state index is -0.324. The highest BCUT2D eigenvalue weighted by atomic mass is 16.5. The van der Waals surface area contributed by atoms with Gasteiger partial charge in [0.2, 0.25) is 17.6 Å². The van der Waals surface area contributed by atoms with Crippen LogP contribution >= 0.6 is 0 Å². The van der Waals surface area contributed by atoms with Gasteiger partial charge in [0.15, 0.2) is 0 Å². The fraction of sp³-hybridized carbons (Fsp3) is 0.348. The molecule has 29 heavy (non-hydrogen) atoms. The molecule has 0 radical (unpaired) electrons. The number of aryl methyl sites for hydroxylation is 1. The van der Waals surface area contributed by atoms with Crippen LogP contribution in [0.3, 0.4) is 0 Å². The summed E-state index contributed by atoms with van der Waals surface area (Å²) in [6.45, 7) is 4.14. The van der Waals surface area contributed by atoms with E-state index in [-0.39, 0.29) is 17.9 Å². The van der Waals surface area contributed by atoms with Crippen LogP contribution in [0.4, 0.5) is 0 Å². The van der Waals surface area contributed by atoms with Crippen molar-refractivity contribution in [3.63, 3.8) is 0 Å². The Balaban J connectivity index is 1.71. The number of rotatable bonds is 9. The van der Waals surface area contributed by atoms with E-state index in [4.69, 9.17) is 9.26 Å². The molecule has 1 aromatic heterocycles. The fourth-order valence-corrected chi connectivity index (χ4v) is 3.07. The number of nitrogens with zero attached hydrogens (tertiary/aromatic N) is 2. The third-order valence-corrected chi connectivity index (χ3v) is 5.05. The molecule has 0 aliphatic heterocycles. The first-order chi connectivity index (χ1) is 14.1. The molecule has 3 rings (SSSR count). The van der Waals surface area contributed by atoms with E-state index in [1.807, 2.05) is 54.6 Å². The van der Waals surface area contributed by atoms with Gasteiger partial charge >= 0.3 is 0 Å². The second-order valence-electron chi connectivity index (χ2n) is 7.10. The second-order valence-corrected chi connectivity index (χ2v) is 7.10. The topological polar surface area (TPSA) is 77.2 Å². The van der Waals surface area contributed by atoms with Crippen LogP contribution in [0, 0.1) is 5.92 Å². The van der Waals surface area contributed by atoms with Gasteiger partial charge < -0.3 is 14.6 Å². The van der Waals surface area contributed by atoms with Gasteiger partial charge in [0.05, 0.1) is 7.11 Å². The first kappa shape index (κ1) is 20.6. The molecule has 1 heterocycles. The van der Waals surface area contributed by atoms with Crippen molar-refractivity contribution >= 4 is 5.91 Å². The number of hydrogen-bond donors (Lipinski definition) is 1. The number of carbonyl (C=O) groups is 1. The largest absolute Gasteiger partial charge is 0.497 e. The molecule has 0 saturated heterocycles. The number of methoxy groups -OCH3 is 1. The van der Waals surface area contributed by atoms with E-state index in [1.54, 1.807) is 7.11 Å². The second kappa shape index (κ2) is 9.87. The Morgan fingerprint density at radius 1 is 1.17 bits per heavy atom. The number of hydrogen-bond acceptors (Lipinski definition) is 5. The van der Waals surface area contributed by atoms with Crippen LogP contribution in [0.5, 0.6) is 5.75 Å². The van der Waals surface area contributed by atoms with Crippen molar-refractivity contribution in [1.29, 1.82) is 0 Å². The predicted octanol–water partition coefficient (Wildman–Crippen LogP) is 4.58. The molecule has 1 amide bonds. The molecular formula is C23H27N3O3. The average molecular weight is 393 g/mol. The monoisotopic (exact) mass is 393 g/mol. The summed E-state index contributed by atoms with van der Waals surface area (Å²) in [6.07, 6.45) is 1.98. The quantitative estimate of drug-likeness (QED) is 0.576.